The fraction of sp³-hybridized carbons (Fsp3) is 0.176. The summed E-state index contributed by atoms with van der Waals surface area (Å²) in [7, 11) is 1.31. The van der Waals surface area contributed by atoms with Gasteiger partial charge in [0.2, 0.25) is 0 Å². The molecule has 0 aliphatic carbocycles. The second kappa shape index (κ2) is 9.39. The highest BCUT2D eigenvalue weighted by Crippen LogP contribution is 2.28. The fourth-order valence-corrected chi connectivity index (χ4v) is 2.15. The van der Waals surface area contributed by atoms with Crippen molar-refractivity contribution in [2.45, 2.75) is 0 Å². The van der Waals surface area contributed by atoms with Crippen molar-refractivity contribution in [1.82, 2.24) is 0 Å². The Labute approximate surface area is 158 Å². The minimum Gasteiger partial charge on any atom is -0.494 e. The molecule has 0 radical (unpaired) electrons. The number of anilines is 1. The van der Waals surface area contributed by atoms with Crippen LogP contribution in [-0.4, -0.2) is 37.1 Å². The van der Waals surface area contributed by atoms with Crippen LogP contribution in [0.1, 0.15) is 0 Å². The lowest BCUT2D eigenvalue weighted by Gasteiger charge is -2.10. The van der Waals surface area contributed by atoms with E-state index in [4.69, 9.17) is 25.8 Å². The number of esters is 1. The Hall–Kier alpha value is -3.33. The number of carbonyl (C=O) groups is 2. The van der Waals surface area contributed by atoms with Gasteiger partial charge in [0.25, 0.3) is 11.6 Å². The average molecular weight is 395 g/mol. The molecule has 0 heterocycles. The van der Waals surface area contributed by atoms with Gasteiger partial charge in [-0.25, -0.2) is 4.79 Å². The number of hydrogen-bond donors (Lipinski definition) is 1. The van der Waals surface area contributed by atoms with E-state index in [1.807, 2.05) is 0 Å². The molecule has 2 aromatic rings. The van der Waals surface area contributed by atoms with E-state index in [1.54, 1.807) is 18.2 Å². The SMILES string of the molecule is COc1cc([N+](=O)[O-])ccc1NC(=O)COC(=O)COc1cccc(Cl)c1. The van der Waals surface area contributed by atoms with Crippen LogP contribution in [0.4, 0.5) is 11.4 Å². The van der Waals surface area contributed by atoms with Crippen LogP contribution in [0.2, 0.25) is 5.02 Å². The van der Waals surface area contributed by atoms with Crippen molar-refractivity contribution in [3.8, 4) is 11.5 Å². The summed E-state index contributed by atoms with van der Waals surface area (Å²) in [5.41, 5.74) is 0.0220. The third-order valence-electron chi connectivity index (χ3n) is 3.19. The lowest BCUT2D eigenvalue weighted by Crippen LogP contribution is -2.23. The van der Waals surface area contributed by atoms with Crippen molar-refractivity contribution in [2.75, 3.05) is 25.6 Å². The maximum absolute atomic E-state index is 11.9. The number of rotatable bonds is 8. The van der Waals surface area contributed by atoms with Gasteiger partial charge in [0.15, 0.2) is 13.2 Å². The Balaban J connectivity index is 1.83. The van der Waals surface area contributed by atoms with Crippen LogP contribution >= 0.6 is 11.6 Å². The third kappa shape index (κ3) is 6.15. The van der Waals surface area contributed by atoms with Crippen molar-refractivity contribution in [1.29, 1.82) is 0 Å². The van der Waals surface area contributed by atoms with Gasteiger partial charge in [0.1, 0.15) is 11.5 Å². The third-order valence-corrected chi connectivity index (χ3v) is 3.42. The molecule has 0 spiro atoms. The normalized spacial score (nSPS) is 10.0. The van der Waals surface area contributed by atoms with E-state index in [-0.39, 0.29) is 17.1 Å². The molecule has 2 aromatic carbocycles. The summed E-state index contributed by atoms with van der Waals surface area (Å²) in [6.45, 7) is -0.952. The largest absolute Gasteiger partial charge is 0.494 e. The first-order chi connectivity index (χ1) is 12.9. The maximum atomic E-state index is 11.9. The van der Waals surface area contributed by atoms with E-state index < -0.39 is 30.0 Å². The second-order valence-corrected chi connectivity index (χ2v) is 5.53. The Morgan fingerprint density at radius 2 is 1.96 bits per heavy atom. The van der Waals surface area contributed by atoms with Gasteiger partial charge in [-0.15, -0.1) is 0 Å². The highest BCUT2D eigenvalue weighted by Gasteiger charge is 2.14. The lowest BCUT2D eigenvalue weighted by molar-refractivity contribution is -0.384. The van der Waals surface area contributed by atoms with Crippen LogP contribution in [0.25, 0.3) is 0 Å². The number of nitrogens with zero attached hydrogens (tertiary/aromatic N) is 1. The fourth-order valence-electron chi connectivity index (χ4n) is 1.97. The van der Waals surface area contributed by atoms with E-state index in [1.165, 1.54) is 31.4 Å². The number of methoxy groups -OCH3 is 1. The minimum absolute atomic E-state index is 0.105. The van der Waals surface area contributed by atoms with Gasteiger partial charge in [-0.2, -0.15) is 0 Å². The zero-order valence-corrected chi connectivity index (χ0v) is 14.9. The number of carbonyl (C=O) groups excluding carboxylic acids is 2. The Morgan fingerprint density at radius 1 is 1.19 bits per heavy atom. The zero-order chi connectivity index (χ0) is 19.8. The molecule has 0 aliphatic rings. The summed E-state index contributed by atoms with van der Waals surface area (Å²) in [5, 5.41) is 13.6. The van der Waals surface area contributed by atoms with Crippen LogP contribution in [0.15, 0.2) is 42.5 Å². The summed E-state index contributed by atoms with van der Waals surface area (Å²) < 4.78 is 15.0. The first-order valence-electron chi connectivity index (χ1n) is 7.55. The van der Waals surface area contributed by atoms with Gasteiger partial charge in [0.05, 0.1) is 23.8 Å². The van der Waals surface area contributed by atoms with E-state index >= 15 is 0 Å². The van der Waals surface area contributed by atoms with Gasteiger partial charge in [-0.05, 0) is 24.3 Å². The standard InChI is InChI=1S/C17H15ClN2O7/c1-25-15-8-12(20(23)24)5-6-14(15)19-16(21)9-27-17(22)10-26-13-4-2-3-11(18)7-13/h2-8H,9-10H2,1H3,(H,19,21). The van der Waals surface area contributed by atoms with Crippen LogP contribution < -0.4 is 14.8 Å². The van der Waals surface area contributed by atoms with Crippen molar-refractivity contribution in [3.05, 3.63) is 57.6 Å². The van der Waals surface area contributed by atoms with Gasteiger partial charge in [-0.3, -0.25) is 14.9 Å². The Morgan fingerprint density at radius 3 is 2.63 bits per heavy atom. The molecule has 2 rings (SSSR count). The summed E-state index contributed by atoms with van der Waals surface area (Å²) in [6, 6.07) is 10.2. The number of hydrogen-bond acceptors (Lipinski definition) is 7. The van der Waals surface area contributed by atoms with E-state index in [0.29, 0.717) is 10.8 Å². The molecule has 0 unspecified atom stereocenters. The van der Waals surface area contributed by atoms with E-state index in [0.717, 1.165) is 0 Å². The number of nitro groups is 1. The maximum Gasteiger partial charge on any atom is 0.344 e. The first-order valence-corrected chi connectivity index (χ1v) is 7.93. The van der Waals surface area contributed by atoms with Crippen molar-refractivity contribution < 1.29 is 28.7 Å². The number of amides is 1. The molecule has 0 bridgehead atoms. The molecule has 0 aromatic heterocycles. The monoisotopic (exact) mass is 394 g/mol. The molecule has 1 N–H and O–H groups in total. The topological polar surface area (TPSA) is 117 Å². The predicted molar refractivity (Wildman–Crippen MR) is 96.2 cm³/mol. The molecule has 142 valence electrons. The molecule has 0 saturated heterocycles. The van der Waals surface area contributed by atoms with Crippen molar-refractivity contribution >= 4 is 34.9 Å². The number of nitrogens with one attached hydrogen (secondary N) is 1. The highest BCUT2D eigenvalue weighted by molar-refractivity contribution is 6.30. The summed E-state index contributed by atoms with van der Waals surface area (Å²) in [4.78, 5) is 33.7. The van der Waals surface area contributed by atoms with Crippen LogP contribution in [0.5, 0.6) is 11.5 Å². The smallest absolute Gasteiger partial charge is 0.344 e. The number of halogens is 1. The second-order valence-electron chi connectivity index (χ2n) is 5.10. The van der Waals surface area contributed by atoms with Gasteiger partial charge in [0, 0.05) is 11.1 Å². The molecule has 1 amide bonds. The van der Waals surface area contributed by atoms with Crippen LogP contribution in [-0.2, 0) is 14.3 Å². The Kier molecular flexibility index (Phi) is 6.95. The van der Waals surface area contributed by atoms with Crippen LogP contribution in [0, 0.1) is 10.1 Å². The summed E-state index contributed by atoms with van der Waals surface area (Å²) in [6.07, 6.45) is 0. The minimum atomic E-state index is -0.749. The molecule has 0 saturated carbocycles. The molecule has 0 aliphatic heterocycles. The lowest BCUT2D eigenvalue weighted by atomic mass is 10.2. The average Bonchev–Trinajstić information content (AvgIpc) is 2.65. The molecular weight excluding hydrogens is 380 g/mol. The van der Waals surface area contributed by atoms with E-state index in [2.05, 4.69) is 5.32 Å². The first kappa shape index (κ1) is 20.0. The number of ether oxygens (including phenoxy) is 3. The van der Waals surface area contributed by atoms with Gasteiger partial charge < -0.3 is 19.5 Å². The quantitative estimate of drug-likeness (QED) is 0.415. The molecule has 0 atom stereocenters. The molecular formula is C17H15ClN2O7. The van der Waals surface area contributed by atoms with Crippen molar-refractivity contribution in [3.63, 3.8) is 0 Å². The molecule has 9 nitrogen and oxygen atoms in total. The zero-order valence-electron chi connectivity index (χ0n) is 14.1. The van der Waals surface area contributed by atoms with Gasteiger partial charge in [-0.1, -0.05) is 17.7 Å². The highest BCUT2D eigenvalue weighted by atomic mass is 35.5. The number of nitro benzene ring substituents is 1. The molecule has 27 heavy (non-hydrogen) atoms. The molecule has 0 fully saturated rings. The number of non-ortho nitro benzene ring substituents is 1. The summed E-state index contributed by atoms with van der Waals surface area (Å²) in [5.74, 6) is -0.897. The molecule has 10 heteroatoms. The van der Waals surface area contributed by atoms with Gasteiger partial charge >= 0.3 is 5.97 Å². The van der Waals surface area contributed by atoms with E-state index in [9.17, 15) is 19.7 Å². The van der Waals surface area contributed by atoms with Crippen molar-refractivity contribution in [2.24, 2.45) is 0 Å². The van der Waals surface area contributed by atoms with Crippen LogP contribution in [0.3, 0.4) is 0 Å². The predicted octanol–water partition coefficient (Wildman–Crippen LogP) is 2.82. The Bertz CT molecular complexity index is 857. The number of benzene rings is 2. The summed E-state index contributed by atoms with van der Waals surface area (Å²) >= 11 is 5.80.